The van der Waals surface area contributed by atoms with Crippen LogP contribution in [0.5, 0.6) is 5.88 Å². The highest BCUT2D eigenvalue weighted by Gasteiger charge is 2.46. The van der Waals surface area contributed by atoms with E-state index in [4.69, 9.17) is 15.5 Å². The summed E-state index contributed by atoms with van der Waals surface area (Å²) in [6.45, 7) is 3.95. The van der Waals surface area contributed by atoms with Crippen molar-refractivity contribution in [3.8, 4) is 5.88 Å². The normalized spacial score (nSPS) is 24.1. The lowest BCUT2D eigenvalue weighted by atomic mass is 9.79. The molecule has 168 valence electrons. The van der Waals surface area contributed by atoms with Gasteiger partial charge in [-0.3, -0.25) is 0 Å². The van der Waals surface area contributed by atoms with Crippen molar-refractivity contribution in [3.63, 3.8) is 0 Å². The zero-order valence-corrected chi connectivity index (χ0v) is 19.4. The van der Waals surface area contributed by atoms with Crippen LogP contribution in [0.2, 0.25) is 0 Å². The molecule has 0 unspecified atom stereocenters. The fourth-order valence-electron chi connectivity index (χ4n) is 4.91. The Kier molecular flexibility index (Phi) is 5.31. The van der Waals surface area contributed by atoms with Crippen LogP contribution in [0.1, 0.15) is 63.0 Å². The lowest BCUT2D eigenvalue weighted by Crippen LogP contribution is -2.41. The summed E-state index contributed by atoms with van der Waals surface area (Å²) in [6, 6.07) is 8.58. The number of nitrogen functional groups attached to an aromatic ring is 1. The molecule has 7 nitrogen and oxygen atoms in total. The third-order valence-electron chi connectivity index (χ3n) is 6.82. The minimum atomic E-state index is -2.81. The number of fused-ring (bicyclic) bond motifs is 1. The largest absolute Gasteiger partial charge is 0.463 e. The van der Waals surface area contributed by atoms with E-state index < -0.39 is 13.3 Å². The number of benzene rings is 1. The molecule has 1 aliphatic heterocycles. The fraction of sp³-hybridized carbons (Fsp3) is 0.458. The van der Waals surface area contributed by atoms with Crippen molar-refractivity contribution in [1.29, 1.82) is 0 Å². The summed E-state index contributed by atoms with van der Waals surface area (Å²) >= 11 is 0. The van der Waals surface area contributed by atoms with Crippen LogP contribution in [0.3, 0.4) is 0 Å². The highest BCUT2D eigenvalue weighted by atomic mass is 31.2. The molecule has 0 radical (unpaired) electrons. The van der Waals surface area contributed by atoms with Crippen molar-refractivity contribution in [2.45, 2.75) is 57.5 Å². The quantitative estimate of drug-likeness (QED) is 0.563. The molecular weight excluding hydrogens is 423 g/mol. The minimum absolute atomic E-state index is 0.312. The van der Waals surface area contributed by atoms with Crippen molar-refractivity contribution < 1.29 is 14.5 Å². The van der Waals surface area contributed by atoms with E-state index >= 15 is 0 Å². The predicted molar refractivity (Wildman–Crippen MR) is 127 cm³/mol. The maximum atomic E-state index is 10.3. The molecule has 0 amide bonds. The van der Waals surface area contributed by atoms with Crippen LogP contribution >= 0.6 is 7.72 Å². The summed E-state index contributed by atoms with van der Waals surface area (Å²) in [5.74, 6) is 1.65. The number of nitrogens with two attached hydrogens (primary N) is 1. The van der Waals surface area contributed by atoms with E-state index in [1.165, 1.54) is 11.9 Å². The molecule has 32 heavy (non-hydrogen) atoms. The van der Waals surface area contributed by atoms with Crippen molar-refractivity contribution in [1.82, 2.24) is 9.97 Å². The number of aliphatic imine (C=N–C) groups is 1. The number of nitrogens with zero attached hydrogens (tertiary/aromatic N) is 3. The highest BCUT2D eigenvalue weighted by Crippen LogP contribution is 2.66. The summed E-state index contributed by atoms with van der Waals surface area (Å²) in [6.07, 6.45) is 8.96. The molecule has 3 aliphatic rings. The predicted octanol–water partition coefficient (Wildman–Crippen LogP) is 4.74. The van der Waals surface area contributed by atoms with Gasteiger partial charge in [0.05, 0.1) is 5.71 Å². The van der Waals surface area contributed by atoms with Gasteiger partial charge < -0.3 is 10.5 Å². The molecule has 1 aromatic heterocycles. The van der Waals surface area contributed by atoms with Crippen LogP contribution in [0, 0.1) is 5.92 Å². The van der Waals surface area contributed by atoms with E-state index in [1.54, 1.807) is 0 Å². The van der Waals surface area contributed by atoms with Gasteiger partial charge in [-0.2, -0.15) is 4.98 Å². The molecule has 1 aromatic carbocycles. The number of aromatic nitrogens is 2. The molecule has 0 spiro atoms. The first-order valence-corrected chi connectivity index (χ1v) is 13.1. The van der Waals surface area contributed by atoms with Crippen LogP contribution in [0.25, 0.3) is 0 Å². The molecule has 2 aromatic rings. The van der Waals surface area contributed by atoms with E-state index in [0.717, 1.165) is 48.7 Å². The summed E-state index contributed by atoms with van der Waals surface area (Å²) in [5.41, 5.74) is 8.97. The van der Waals surface area contributed by atoms with Gasteiger partial charge in [-0.15, -0.1) is 0 Å². The first-order chi connectivity index (χ1) is 15.2. The van der Waals surface area contributed by atoms with Crippen molar-refractivity contribution >= 4 is 24.9 Å². The third kappa shape index (κ3) is 4.17. The van der Waals surface area contributed by atoms with Crippen LogP contribution in [0.4, 0.5) is 11.5 Å². The van der Waals surface area contributed by atoms with Crippen LogP contribution in [-0.4, -0.2) is 37.2 Å². The number of hydrogen-bond acceptors (Lipinski definition) is 7. The molecule has 2 heterocycles. The Labute approximate surface area is 189 Å². The van der Waals surface area contributed by atoms with Gasteiger partial charge in [-0.1, -0.05) is 24.3 Å². The van der Waals surface area contributed by atoms with Gasteiger partial charge in [0.15, 0.2) is 11.5 Å². The van der Waals surface area contributed by atoms with Crippen LogP contribution in [0.15, 0.2) is 47.0 Å². The second-order valence-corrected chi connectivity index (χ2v) is 12.0. The molecule has 8 heteroatoms. The van der Waals surface area contributed by atoms with E-state index in [-0.39, 0.29) is 0 Å². The molecule has 1 saturated carbocycles. The minimum Gasteiger partial charge on any atom is -0.463 e. The van der Waals surface area contributed by atoms with Gasteiger partial charge in [0.25, 0.3) is 7.72 Å². The van der Waals surface area contributed by atoms with E-state index in [9.17, 15) is 9.79 Å². The Hall–Kier alpha value is -2.34. The van der Waals surface area contributed by atoms with Crippen LogP contribution in [-0.2, 0) is 0 Å². The van der Waals surface area contributed by atoms with Gasteiger partial charge in [0.1, 0.15) is 23.4 Å². The average Bonchev–Trinajstić information content (AvgIpc) is 3.60. The Morgan fingerprint density at radius 3 is 2.44 bits per heavy atom. The van der Waals surface area contributed by atoms with Crippen molar-refractivity contribution in [2.24, 2.45) is 10.9 Å². The van der Waals surface area contributed by atoms with E-state index in [2.05, 4.69) is 34.2 Å². The Bertz CT molecular complexity index is 1090. The molecule has 0 saturated heterocycles. The smallest absolute Gasteiger partial charge is 0.296 e. The lowest BCUT2D eigenvalue weighted by molar-refractivity contribution is 0.171. The zero-order valence-electron chi connectivity index (χ0n) is 18.5. The van der Waals surface area contributed by atoms with Crippen molar-refractivity contribution in [3.05, 3.63) is 53.1 Å². The zero-order chi connectivity index (χ0) is 22.5. The maximum absolute atomic E-state index is 10.3. The third-order valence-corrected chi connectivity index (χ3v) is 9.14. The number of allylic oxidation sites excluding steroid dienone is 2. The standard InChI is InChI=1S/C24H30N4O3P/c1-24(2)21(28-20-22(25)26-14-27-23(20)31-24)18-9-7-17(8-10-18)16-5-3-15(4-6-16)13-32(29,30)19-11-12-19/h7-11,14-16,29-30H,3-6,12-13H2,1-2H3,(H2,25,26,27)/q+1. The van der Waals surface area contributed by atoms with Crippen LogP contribution < -0.4 is 10.5 Å². The lowest BCUT2D eigenvalue weighted by Gasteiger charge is -2.32. The summed E-state index contributed by atoms with van der Waals surface area (Å²) in [4.78, 5) is 33.6. The first kappa shape index (κ1) is 21.5. The molecule has 5 rings (SSSR count). The molecule has 1 fully saturated rings. The number of ether oxygens (including phenoxy) is 1. The monoisotopic (exact) mass is 453 g/mol. The van der Waals surface area contributed by atoms with Gasteiger partial charge >= 0.3 is 0 Å². The molecular formula is C24H30N4O3P+. The first-order valence-electron chi connectivity index (χ1n) is 11.2. The number of anilines is 1. The second-order valence-electron chi connectivity index (χ2n) is 9.64. The second kappa shape index (κ2) is 7.91. The maximum Gasteiger partial charge on any atom is 0.296 e. The van der Waals surface area contributed by atoms with Gasteiger partial charge in [0.2, 0.25) is 5.88 Å². The van der Waals surface area contributed by atoms with Gasteiger partial charge in [0, 0.05) is 12.0 Å². The summed E-state index contributed by atoms with van der Waals surface area (Å²) < 4.78 is 6.08. The number of rotatable bonds is 5. The highest BCUT2D eigenvalue weighted by molar-refractivity contribution is 7.69. The fourth-order valence-corrected chi connectivity index (χ4v) is 6.91. The van der Waals surface area contributed by atoms with Gasteiger partial charge in [-0.05, 0) is 63.0 Å². The molecule has 0 atom stereocenters. The average molecular weight is 454 g/mol. The molecule has 0 bridgehead atoms. The molecule has 2 aliphatic carbocycles. The number of hydrogen-bond donors (Lipinski definition) is 3. The SMILES string of the molecule is CC1(C)Oc2ncnc(N)c2N=C1c1ccc(C2CCC(C[P+](O)(O)C3=CC3)CC2)cc1. The van der Waals surface area contributed by atoms with Gasteiger partial charge in [-0.25, -0.2) is 19.8 Å². The summed E-state index contributed by atoms with van der Waals surface area (Å²) in [7, 11) is -2.81. The summed E-state index contributed by atoms with van der Waals surface area (Å²) in [5, 5.41) is 0.892. The van der Waals surface area contributed by atoms with E-state index in [0.29, 0.717) is 35.4 Å². The Balaban J connectivity index is 1.29. The Morgan fingerprint density at radius 2 is 1.78 bits per heavy atom. The van der Waals surface area contributed by atoms with Crippen molar-refractivity contribution in [2.75, 3.05) is 11.9 Å². The van der Waals surface area contributed by atoms with E-state index in [1.807, 2.05) is 19.9 Å². The topological polar surface area (TPSA) is 114 Å². The Morgan fingerprint density at radius 1 is 1.09 bits per heavy atom. The molecule has 4 N–H and O–H groups in total.